The van der Waals surface area contributed by atoms with Crippen LogP contribution in [0, 0.1) is 0 Å². The summed E-state index contributed by atoms with van der Waals surface area (Å²) in [5.41, 5.74) is 1.16. The van der Waals surface area contributed by atoms with Gasteiger partial charge in [-0.1, -0.05) is 18.2 Å². The van der Waals surface area contributed by atoms with Gasteiger partial charge in [0.1, 0.15) is 11.6 Å². The lowest BCUT2D eigenvalue weighted by Gasteiger charge is -2.16. The predicted molar refractivity (Wildman–Crippen MR) is 76.0 cm³/mol. The van der Waals surface area contributed by atoms with Gasteiger partial charge in [-0.05, 0) is 26.8 Å². The third-order valence-corrected chi connectivity index (χ3v) is 2.86. The van der Waals surface area contributed by atoms with Gasteiger partial charge in [-0.2, -0.15) is 0 Å². The van der Waals surface area contributed by atoms with Crippen LogP contribution >= 0.6 is 0 Å². The van der Waals surface area contributed by atoms with Gasteiger partial charge in [-0.25, -0.2) is 4.98 Å². The first kappa shape index (κ1) is 13.6. The molecule has 1 aromatic heterocycles. The SMILES string of the molecule is CC(C)Oc1ccccc1CNC(C)c1ncc[nH]1. The molecule has 0 saturated carbocycles. The average molecular weight is 259 g/mol. The maximum Gasteiger partial charge on any atom is 0.124 e. The zero-order valence-electron chi connectivity index (χ0n) is 11.7. The standard InChI is InChI=1S/C15H21N3O/c1-11(2)19-14-7-5-4-6-13(14)10-18-12(3)15-16-8-9-17-15/h4-9,11-12,18H,10H2,1-3H3,(H,16,17). The minimum atomic E-state index is 0.183. The van der Waals surface area contributed by atoms with Crippen molar-refractivity contribution in [3.63, 3.8) is 0 Å². The topological polar surface area (TPSA) is 49.9 Å². The Balaban J connectivity index is 1.99. The number of benzene rings is 1. The Hall–Kier alpha value is -1.81. The van der Waals surface area contributed by atoms with Gasteiger partial charge in [0.15, 0.2) is 0 Å². The maximum absolute atomic E-state index is 5.80. The number of aromatic nitrogens is 2. The van der Waals surface area contributed by atoms with Crippen LogP contribution in [0.3, 0.4) is 0 Å². The summed E-state index contributed by atoms with van der Waals surface area (Å²) in [5, 5.41) is 3.44. The second-order valence-electron chi connectivity index (χ2n) is 4.85. The highest BCUT2D eigenvalue weighted by molar-refractivity contribution is 5.33. The van der Waals surface area contributed by atoms with Gasteiger partial charge in [-0.15, -0.1) is 0 Å². The normalized spacial score (nSPS) is 12.6. The lowest BCUT2D eigenvalue weighted by atomic mass is 10.2. The Morgan fingerprint density at radius 3 is 2.74 bits per heavy atom. The highest BCUT2D eigenvalue weighted by Crippen LogP contribution is 2.20. The molecule has 1 aromatic carbocycles. The van der Waals surface area contributed by atoms with Crippen LogP contribution < -0.4 is 10.1 Å². The number of rotatable bonds is 6. The second-order valence-corrected chi connectivity index (χ2v) is 4.85. The quantitative estimate of drug-likeness (QED) is 0.838. The number of hydrogen-bond donors (Lipinski definition) is 2. The summed E-state index contributed by atoms with van der Waals surface area (Å²) in [6.45, 7) is 6.92. The number of aromatic amines is 1. The molecule has 0 aliphatic rings. The van der Waals surface area contributed by atoms with Crippen LogP contribution in [0.25, 0.3) is 0 Å². The Bertz CT molecular complexity index is 494. The molecular formula is C15H21N3O. The fourth-order valence-corrected chi connectivity index (χ4v) is 1.89. The number of para-hydroxylation sites is 1. The van der Waals surface area contributed by atoms with E-state index < -0.39 is 0 Å². The van der Waals surface area contributed by atoms with Crippen LogP contribution in [0.4, 0.5) is 0 Å². The maximum atomic E-state index is 5.80. The molecule has 0 radical (unpaired) electrons. The smallest absolute Gasteiger partial charge is 0.124 e. The Morgan fingerprint density at radius 1 is 1.26 bits per heavy atom. The molecule has 0 saturated heterocycles. The molecule has 2 aromatic rings. The molecule has 1 atom stereocenters. The third kappa shape index (κ3) is 3.83. The van der Waals surface area contributed by atoms with Gasteiger partial charge >= 0.3 is 0 Å². The lowest BCUT2D eigenvalue weighted by molar-refractivity contribution is 0.239. The van der Waals surface area contributed by atoms with E-state index in [9.17, 15) is 0 Å². The van der Waals surface area contributed by atoms with Crippen molar-refractivity contribution in [2.45, 2.75) is 39.5 Å². The molecule has 0 spiro atoms. The van der Waals surface area contributed by atoms with Crippen LogP contribution in [0.15, 0.2) is 36.7 Å². The van der Waals surface area contributed by atoms with Crippen LogP contribution in [-0.2, 0) is 6.54 Å². The van der Waals surface area contributed by atoms with Gasteiger partial charge < -0.3 is 15.0 Å². The van der Waals surface area contributed by atoms with Gasteiger partial charge in [0.05, 0.1) is 12.1 Å². The summed E-state index contributed by atoms with van der Waals surface area (Å²) in [5.74, 6) is 1.89. The molecule has 0 aliphatic carbocycles. The van der Waals surface area contributed by atoms with Crippen molar-refractivity contribution in [3.8, 4) is 5.75 Å². The number of imidazole rings is 1. The third-order valence-electron chi connectivity index (χ3n) is 2.86. The predicted octanol–water partition coefficient (Wildman–Crippen LogP) is 3.05. The Morgan fingerprint density at radius 2 is 2.05 bits per heavy atom. The minimum absolute atomic E-state index is 0.183. The fourth-order valence-electron chi connectivity index (χ4n) is 1.89. The molecule has 0 aliphatic heterocycles. The summed E-state index contributed by atoms with van der Waals surface area (Å²) >= 11 is 0. The van der Waals surface area contributed by atoms with Crippen LogP contribution in [-0.4, -0.2) is 16.1 Å². The van der Waals surface area contributed by atoms with E-state index in [-0.39, 0.29) is 12.1 Å². The molecule has 1 unspecified atom stereocenters. The number of nitrogens with zero attached hydrogens (tertiary/aromatic N) is 1. The molecule has 0 bridgehead atoms. The van der Waals surface area contributed by atoms with Crippen molar-refractivity contribution >= 4 is 0 Å². The van der Waals surface area contributed by atoms with E-state index in [1.54, 1.807) is 6.20 Å². The summed E-state index contributed by atoms with van der Waals surface area (Å²) in [7, 11) is 0. The molecule has 102 valence electrons. The summed E-state index contributed by atoms with van der Waals surface area (Å²) < 4.78 is 5.80. The van der Waals surface area contributed by atoms with Crippen molar-refractivity contribution < 1.29 is 4.74 Å². The first-order valence-corrected chi connectivity index (χ1v) is 6.64. The molecular weight excluding hydrogens is 238 g/mol. The van der Waals surface area contributed by atoms with Gasteiger partial charge in [0.2, 0.25) is 0 Å². The Kier molecular flexibility index (Phi) is 4.58. The summed E-state index contributed by atoms with van der Waals surface area (Å²) in [6.07, 6.45) is 3.79. The van der Waals surface area contributed by atoms with Crippen LogP contribution in [0.5, 0.6) is 5.75 Å². The molecule has 4 heteroatoms. The second kappa shape index (κ2) is 6.38. The molecule has 0 amide bonds. The number of nitrogens with one attached hydrogen (secondary N) is 2. The molecule has 0 fully saturated rings. The van der Waals surface area contributed by atoms with E-state index in [4.69, 9.17) is 4.74 Å². The van der Waals surface area contributed by atoms with E-state index >= 15 is 0 Å². The largest absolute Gasteiger partial charge is 0.491 e. The van der Waals surface area contributed by atoms with Gasteiger partial charge in [0.25, 0.3) is 0 Å². The lowest BCUT2D eigenvalue weighted by Crippen LogP contribution is -2.20. The van der Waals surface area contributed by atoms with Gasteiger partial charge in [-0.3, -0.25) is 0 Å². The monoisotopic (exact) mass is 259 g/mol. The minimum Gasteiger partial charge on any atom is -0.491 e. The first-order valence-electron chi connectivity index (χ1n) is 6.64. The van der Waals surface area contributed by atoms with E-state index in [0.717, 1.165) is 23.7 Å². The average Bonchev–Trinajstić information content (AvgIpc) is 2.90. The first-order chi connectivity index (χ1) is 9.16. The van der Waals surface area contributed by atoms with Crippen molar-refractivity contribution in [1.82, 2.24) is 15.3 Å². The summed E-state index contributed by atoms with van der Waals surface area (Å²) in [6, 6.07) is 8.30. The van der Waals surface area contributed by atoms with Crippen LogP contribution in [0.1, 0.15) is 38.2 Å². The van der Waals surface area contributed by atoms with E-state index in [1.165, 1.54) is 0 Å². The molecule has 4 nitrogen and oxygen atoms in total. The molecule has 1 heterocycles. The highest BCUT2D eigenvalue weighted by atomic mass is 16.5. The fraction of sp³-hybridized carbons (Fsp3) is 0.400. The number of ether oxygens (including phenoxy) is 1. The van der Waals surface area contributed by atoms with E-state index in [2.05, 4.69) is 28.3 Å². The molecule has 2 N–H and O–H groups in total. The number of H-pyrrole nitrogens is 1. The van der Waals surface area contributed by atoms with Crippen LogP contribution in [0.2, 0.25) is 0 Å². The zero-order chi connectivity index (χ0) is 13.7. The van der Waals surface area contributed by atoms with Crippen molar-refractivity contribution in [1.29, 1.82) is 0 Å². The van der Waals surface area contributed by atoms with E-state index in [1.807, 2.05) is 38.2 Å². The van der Waals surface area contributed by atoms with E-state index in [0.29, 0.717) is 0 Å². The molecule has 2 rings (SSSR count). The van der Waals surface area contributed by atoms with Crippen molar-refractivity contribution in [2.75, 3.05) is 0 Å². The summed E-state index contributed by atoms with van der Waals surface area (Å²) in [4.78, 5) is 7.37. The zero-order valence-corrected chi connectivity index (χ0v) is 11.7. The number of hydrogen-bond acceptors (Lipinski definition) is 3. The van der Waals surface area contributed by atoms with Gasteiger partial charge in [0, 0.05) is 24.5 Å². The Labute approximate surface area is 114 Å². The van der Waals surface area contributed by atoms with Crippen molar-refractivity contribution in [3.05, 3.63) is 48.0 Å². The van der Waals surface area contributed by atoms with Crippen molar-refractivity contribution in [2.24, 2.45) is 0 Å². The molecule has 19 heavy (non-hydrogen) atoms. The highest BCUT2D eigenvalue weighted by Gasteiger charge is 2.09.